The van der Waals surface area contributed by atoms with Crippen LogP contribution >= 0.6 is 0 Å². The maximum absolute atomic E-state index is 12.6. The number of carbonyl (C=O) groups is 2. The Morgan fingerprint density at radius 3 is 2.69 bits per heavy atom. The van der Waals surface area contributed by atoms with Gasteiger partial charge in [0, 0.05) is 25.2 Å². The molecule has 5 heteroatoms. The number of benzene rings is 2. The third-order valence-corrected chi connectivity index (χ3v) is 5.53. The van der Waals surface area contributed by atoms with Crippen LogP contribution in [0.1, 0.15) is 49.8 Å². The highest BCUT2D eigenvalue weighted by atomic mass is 16.2. The predicted molar refractivity (Wildman–Crippen MR) is 117 cm³/mol. The summed E-state index contributed by atoms with van der Waals surface area (Å²) in [5.74, 6) is 0.437. The summed E-state index contributed by atoms with van der Waals surface area (Å²) in [5, 5.41) is 6.07. The standard InChI is InChI=1S/C24H31N3O2/c1-18-8-6-12-22(16-18)26-24(29)27-15-7-9-20(17-27)13-14-23(28)25-19(2)21-10-4-3-5-11-21/h3-6,8,10-12,16,19-20H,7,9,13-15,17H2,1-2H3,(H,25,28)(H,26,29)/t19-,20+/m0/s1. The predicted octanol–water partition coefficient (Wildman–Crippen LogP) is 4.90. The Bertz CT molecular complexity index is 822. The van der Waals surface area contributed by atoms with Crippen molar-refractivity contribution in [2.45, 2.75) is 45.6 Å². The Kier molecular flexibility index (Phi) is 7.28. The van der Waals surface area contributed by atoms with Crippen molar-refractivity contribution in [1.82, 2.24) is 10.2 Å². The molecule has 1 aliphatic heterocycles. The van der Waals surface area contributed by atoms with Crippen LogP contribution in [0, 0.1) is 12.8 Å². The van der Waals surface area contributed by atoms with Gasteiger partial charge in [-0.2, -0.15) is 0 Å². The minimum atomic E-state index is -0.0533. The summed E-state index contributed by atoms with van der Waals surface area (Å²) in [6, 6.07) is 17.8. The topological polar surface area (TPSA) is 61.4 Å². The van der Waals surface area contributed by atoms with E-state index in [0.29, 0.717) is 18.9 Å². The van der Waals surface area contributed by atoms with Crippen LogP contribution in [0.5, 0.6) is 0 Å². The lowest BCUT2D eigenvalue weighted by molar-refractivity contribution is -0.122. The van der Waals surface area contributed by atoms with Gasteiger partial charge in [-0.05, 0) is 62.3 Å². The van der Waals surface area contributed by atoms with E-state index in [0.717, 1.165) is 42.6 Å². The van der Waals surface area contributed by atoms with E-state index in [1.807, 2.05) is 73.3 Å². The van der Waals surface area contributed by atoms with Gasteiger partial charge >= 0.3 is 6.03 Å². The summed E-state index contributed by atoms with van der Waals surface area (Å²) in [6.07, 6.45) is 3.35. The second kappa shape index (κ2) is 10.1. The van der Waals surface area contributed by atoms with Crippen LogP contribution in [0.2, 0.25) is 0 Å². The molecule has 1 saturated heterocycles. The van der Waals surface area contributed by atoms with Gasteiger partial charge in [0.2, 0.25) is 5.91 Å². The third-order valence-electron chi connectivity index (χ3n) is 5.53. The molecule has 154 valence electrons. The van der Waals surface area contributed by atoms with Crippen molar-refractivity contribution in [3.8, 4) is 0 Å². The Labute approximate surface area is 173 Å². The summed E-state index contributed by atoms with van der Waals surface area (Å²) in [4.78, 5) is 26.8. The van der Waals surface area contributed by atoms with Gasteiger partial charge in [-0.25, -0.2) is 4.79 Å². The minimum Gasteiger partial charge on any atom is -0.350 e. The number of hydrogen-bond donors (Lipinski definition) is 2. The highest BCUT2D eigenvalue weighted by Gasteiger charge is 2.24. The van der Waals surface area contributed by atoms with E-state index in [1.165, 1.54) is 0 Å². The Morgan fingerprint density at radius 1 is 1.14 bits per heavy atom. The van der Waals surface area contributed by atoms with Crippen LogP contribution in [0.25, 0.3) is 0 Å². The van der Waals surface area contributed by atoms with E-state index >= 15 is 0 Å². The zero-order valence-electron chi connectivity index (χ0n) is 17.4. The minimum absolute atomic E-state index is 0.00617. The molecule has 0 unspecified atom stereocenters. The quantitative estimate of drug-likeness (QED) is 0.733. The van der Waals surface area contributed by atoms with Gasteiger partial charge in [0.05, 0.1) is 6.04 Å². The maximum atomic E-state index is 12.6. The van der Waals surface area contributed by atoms with Crippen molar-refractivity contribution in [2.75, 3.05) is 18.4 Å². The first kappa shape index (κ1) is 20.9. The normalized spacial score (nSPS) is 17.4. The van der Waals surface area contributed by atoms with Crippen molar-refractivity contribution < 1.29 is 9.59 Å². The number of piperidine rings is 1. The number of aryl methyl sites for hydroxylation is 1. The monoisotopic (exact) mass is 393 g/mol. The van der Waals surface area contributed by atoms with Crippen LogP contribution < -0.4 is 10.6 Å². The molecule has 0 saturated carbocycles. The van der Waals surface area contributed by atoms with Gasteiger partial charge in [-0.3, -0.25) is 4.79 Å². The molecule has 1 aliphatic rings. The molecule has 5 nitrogen and oxygen atoms in total. The molecular weight excluding hydrogens is 362 g/mol. The zero-order valence-corrected chi connectivity index (χ0v) is 17.4. The van der Waals surface area contributed by atoms with Crippen LogP contribution in [0.15, 0.2) is 54.6 Å². The van der Waals surface area contributed by atoms with Crippen LogP contribution in [-0.2, 0) is 4.79 Å². The fourth-order valence-corrected chi connectivity index (χ4v) is 3.88. The lowest BCUT2D eigenvalue weighted by Crippen LogP contribution is -2.42. The first-order valence-corrected chi connectivity index (χ1v) is 10.5. The molecule has 0 aliphatic carbocycles. The number of likely N-dealkylation sites (tertiary alicyclic amines) is 1. The van der Waals surface area contributed by atoms with Crippen molar-refractivity contribution in [2.24, 2.45) is 5.92 Å². The fraction of sp³-hybridized carbons (Fsp3) is 0.417. The number of anilines is 1. The zero-order chi connectivity index (χ0) is 20.6. The molecule has 2 N–H and O–H groups in total. The number of hydrogen-bond acceptors (Lipinski definition) is 2. The summed E-state index contributed by atoms with van der Waals surface area (Å²) in [5.41, 5.74) is 3.05. The number of urea groups is 1. The number of amides is 3. The molecule has 2 atom stereocenters. The highest BCUT2D eigenvalue weighted by molar-refractivity contribution is 5.89. The van der Waals surface area contributed by atoms with Gasteiger partial charge in [0.25, 0.3) is 0 Å². The summed E-state index contributed by atoms with van der Waals surface area (Å²) >= 11 is 0. The fourth-order valence-electron chi connectivity index (χ4n) is 3.88. The van der Waals surface area contributed by atoms with Gasteiger partial charge in [-0.15, -0.1) is 0 Å². The average molecular weight is 394 g/mol. The summed E-state index contributed by atoms with van der Waals surface area (Å²) in [6.45, 7) is 5.49. The first-order valence-electron chi connectivity index (χ1n) is 10.5. The molecule has 1 fully saturated rings. The SMILES string of the molecule is Cc1cccc(NC(=O)N2CCC[C@H](CCC(=O)N[C@@H](C)c3ccccc3)C2)c1. The van der Waals surface area contributed by atoms with Crippen molar-refractivity contribution in [3.63, 3.8) is 0 Å². The second-order valence-electron chi connectivity index (χ2n) is 7.99. The number of carbonyl (C=O) groups excluding carboxylic acids is 2. The molecule has 1 heterocycles. The summed E-state index contributed by atoms with van der Waals surface area (Å²) < 4.78 is 0. The Morgan fingerprint density at radius 2 is 1.93 bits per heavy atom. The van der Waals surface area contributed by atoms with E-state index in [-0.39, 0.29) is 18.0 Å². The van der Waals surface area contributed by atoms with Crippen LogP contribution in [-0.4, -0.2) is 29.9 Å². The Balaban J connectivity index is 1.44. The third kappa shape index (κ3) is 6.34. The molecule has 0 spiro atoms. The molecule has 0 aromatic heterocycles. The van der Waals surface area contributed by atoms with E-state index in [4.69, 9.17) is 0 Å². The van der Waals surface area contributed by atoms with E-state index in [2.05, 4.69) is 10.6 Å². The maximum Gasteiger partial charge on any atom is 0.321 e. The molecule has 2 aromatic carbocycles. The van der Waals surface area contributed by atoms with Crippen molar-refractivity contribution in [1.29, 1.82) is 0 Å². The smallest absolute Gasteiger partial charge is 0.321 e. The Hall–Kier alpha value is -2.82. The number of nitrogens with one attached hydrogen (secondary N) is 2. The number of rotatable bonds is 6. The molecule has 0 bridgehead atoms. The van der Waals surface area contributed by atoms with Crippen LogP contribution in [0.4, 0.5) is 10.5 Å². The van der Waals surface area contributed by atoms with Gasteiger partial charge in [-0.1, -0.05) is 42.5 Å². The van der Waals surface area contributed by atoms with Crippen molar-refractivity contribution in [3.05, 3.63) is 65.7 Å². The first-order chi connectivity index (χ1) is 14.0. The van der Waals surface area contributed by atoms with E-state index in [1.54, 1.807) is 0 Å². The molecular formula is C24H31N3O2. The van der Waals surface area contributed by atoms with Gasteiger partial charge in [0.1, 0.15) is 0 Å². The largest absolute Gasteiger partial charge is 0.350 e. The van der Waals surface area contributed by atoms with E-state index < -0.39 is 0 Å². The molecule has 3 amide bonds. The molecule has 2 aromatic rings. The lowest BCUT2D eigenvalue weighted by atomic mass is 9.93. The molecule has 0 radical (unpaired) electrons. The van der Waals surface area contributed by atoms with Crippen molar-refractivity contribution >= 4 is 17.6 Å². The van der Waals surface area contributed by atoms with Gasteiger partial charge in [0.15, 0.2) is 0 Å². The average Bonchev–Trinajstić information content (AvgIpc) is 2.73. The van der Waals surface area contributed by atoms with Crippen LogP contribution in [0.3, 0.4) is 0 Å². The van der Waals surface area contributed by atoms with E-state index in [9.17, 15) is 9.59 Å². The molecule has 3 rings (SSSR count). The summed E-state index contributed by atoms with van der Waals surface area (Å²) in [7, 11) is 0. The highest BCUT2D eigenvalue weighted by Crippen LogP contribution is 2.22. The molecule has 29 heavy (non-hydrogen) atoms. The lowest BCUT2D eigenvalue weighted by Gasteiger charge is -2.32. The number of nitrogens with zero attached hydrogens (tertiary/aromatic N) is 1. The second-order valence-corrected chi connectivity index (χ2v) is 7.99. The van der Waals surface area contributed by atoms with Gasteiger partial charge < -0.3 is 15.5 Å².